The van der Waals surface area contributed by atoms with E-state index in [1.54, 1.807) is 7.11 Å². The van der Waals surface area contributed by atoms with Crippen LogP contribution in [0.3, 0.4) is 0 Å². The van der Waals surface area contributed by atoms with E-state index in [1.807, 2.05) is 12.1 Å². The lowest BCUT2D eigenvalue weighted by atomic mass is 10.0. The third-order valence-corrected chi connectivity index (χ3v) is 4.43. The van der Waals surface area contributed by atoms with Gasteiger partial charge in [-0.1, -0.05) is 25.5 Å². The van der Waals surface area contributed by atoms with Crippen LogP contribution in [0.15, 0.2) is 29.3 Å². The van der Waals surface area contributed by atoms with E-state index in [2.05, 4.69) is 36.6 Å². The average Bonchev–Trinajstić information content (AvgIpc) is 2.66. The third kappa shape index (κ3) is 12.1. The van der Waals surface area contributed by atoms with Gasteiger partial charge in [-0.05, 0) is 62.6 Å². The van der Waals surface area contributed by atoms with Crippen molar-refractivity contribution in [3.05, 3.63) is 29.8 Å². The minimum Gasteiger partial charge on any atom is -0.497 e. The van der Waals surface area contributed by atoms with Gasteiger partial charge in [0.2, 0.25) is 0 Å². The van der Waals surface area contributed by atoms with Crippen molar-refractivity contribution >= 4 is 29.9 Å². The molecule has 156 valence electrons. The Morgan fingerprint density at radius 1 is 1.11 bits per heavy atom. The topological polar surface area (TPSA) is 65.9 Å². The molecule has 0 aromatic heterocycles. The molecule has 0 heterocycles. The Balaban J connectivity index is 0.00000676. The Morgan fingerprint density at radius 2 is 1.85 bits per heavy atom. The predicted molar refractivity (Wildman–Crippen MR) is 125 cm³/mol. The molecular weight excluding hydrogens is 453 g/mol. The molecule has 0 radical (unpaired) electrons. The second-order valence-electron chi connectivity index (χ2n) is 6.62. The number of hydrogen-bond acceptors (Lipinski definition) is 3. The lowest BCUT2D eigenvalue weighted by Crippen LogP contribution is -2.38. The molecule has 0 bridgehead atoms. The molecule has 0 saturated heterocycles. The number of ether oxygens (including phenoxy) is 1. The molecule has 1 aromatic rings. The van der Waals surface area contributed by atoms with Gasteiger partial charge in [0.15, 0.2) is 5.96 Å². The summed E-state index contributed by atoms with van der Waals surface area (Å²) in [6.07, 6.45) is 6.40. The minimum atomic E-state index is 0. The Bertz CT molecular complexity index is 489. The fraction of sp³-hybridized carbons (Fsp3) is 0.667. The summed E-state index contributed by atoms with van der Waals surface area (Å²) in [5.74, 6) is 2.26. The summed E-state index contributed by atoms with van der Waals surface area (Å²) in [4.78, 5) is 4.70. The fourth-order valence-electron chi connectivity index (χ4n) is 2.93. The number of rotatable bonds is 13. The Morgan fingerprint density at radius 3 is 2.44 bits per heavy atom. The molecule has 0 fully saturated rings. The summed E-state index contributed by atoms with van der Waals surface area (Å²) in [5.41, 5.74) is 1.35. The van der Waals surface area contributed by atoms with Crippen LogP contribution in [-0.2, 0) is 6.42 Å². The number of methoxy groups -OCH3 is 1. The zero-order valence-corrected chi connectivity index (χ0v) is 19.5. The summed E-state index contributed by atoms with van der Waals surface area (Å²) < 4.78 is 5.19. The normalized spacial score (nSPS) is 12.2. The molecule has 1 aromatic carbocycles. The van der Waals surface area contributed by atoms with Crippen LogP contribution in [0.25, 0.3) is 0 Å². The number of aryl methyl sites for hydroxylation is 1. The number of nitrogens with zero attached hydrogens (tertiary/aromatic N) is 1. The van der Waals surface area contributed by atoms with Gasteiger partial charge in [0.1, 0.15) is 5.75 Å². The summed E-state index contributed by atoms with van der Waals surface area (Å²) in [6.45, 7) is 7.06. The first-order valence-corrected chi connectivity index (χ1v) is 9.99. The standard InChI is InChI=1S/C21H37N3O2.HI/c1-4-8-19(14-16-25)17-24-21(22-5-2)23-15-7-6-9-18-10-12-20(26-3)13-11-18;/h10-13,19,25H,4-9,14-17H2,1-3H3,(H2,22,23,24);1H. The maximum atomic E-state index is 9.17. The first-order chi connectivity index (χ1) is 12.7. The van der Waals surface area contributed by atoms with Gasteiger partial charge in [-0.25, -0.2) is 0 Å². The molecule has 0 aliphatic rings. The van der Waals surface area contributed by atoms with Crippen LogP contribution < -0.4 is 15.4 Å². The van der Waals surface area contributed by atoms with Crippen LogP contribution in [0.5, 0.6) is 5.75 Å². The molecule has 0 saturated carbocycles. The SMILES string of the molecule is CCCC(CCO)CN=C(NCC)NCCCCc1ccc(OC)cc1.I. The maximum Gasteiger partial charge on any atom is 0.191 e. The van der Waals surface area contributed by atoms with Crippen LogP contribution in [0.1, 0.15) is 51.5 Å². The molecule has 5 nitrogen and oxygen atoms in total. The molecule has 1 unspecified atom stereocenters. The molecule has 0 aliphatic carbocycles. The van der Waals surface area contributed by atoms with Gasteiger partial charge in [0, 0.05) is 26.2 Å². The summed E-state index contributed by atoms with van der Waals surface area (Å²) in [6, 6.07) is 8.30. The number of aliphatic imine (C=N–C) groups is 1. The van der Waals surface area contributed by atoms with E-state index in [0.29, 0.717) is 5.92 Å². The van der Waals surface area contributed by atoms with E-state index in [0.717, 1.165) is 69.9 Å². The lowest BCUT2D eigenvalue weighted by Gasteiger charge is -2.15. The number of guanidine groups is 1. The molecule has 0 spiro atoms. The van der Waals surface area contributed by atoms with E-state index in [9.17, 15) is 0 Å². The van der Waals surface area contributed by atoms with E-state index < -0.39 is 0 Å². The molecule has 1 rings (SSSR count). The van der Waals surface area contributed by atoms with E-state index >= 15 is 0 Å². The summed E-state index contributed by atoms with van der Waals surface area (Å²) >= 11 is 0. The van der Waals surface area contributed by atoms with Gasteiger partial charge < -0.3 is 20.5 Å². The van der Waals surface area contributed by atoms with E-state index in [4.69, 9.17) is 14.8 Å². The van der Waals surface area contributed by atoms with E-state index in [-0.39, 0.29) is 30.6 Å². The zero-order chi connectivity index (χ0) is 19.0. The van der Waals surface area contributed by atoms with Crippen LogP contribution >= 0.6 is 24.0 Å². The Labute approximate surface area is 182 Å². The molecule has 27 heavy (non-hydrogen) atoms. The van der Waals surface area contributed by atoms with E-state index in [1.165, 1.54) is 5.56 Å². The molecule has 0 aliphatic heterocycles. The Kier molecular flexibility index (Phi) is 16.5. The van der Waals surface area contributed by atoms with Gasteiger partial charge >= 0.3 is 0 Å². The number of hydrogen-bond donors (Lipinski definition) is 3. The first-order valence-electron chi connectivity index (χ1n) is 9.99. The van der Waals surface area contributed by atoms with Gasteiger partial charge in [0.25, 0.3) is 0 Å². The highest BCUT2D eigenvalue weighted by Gasteiger charge is 2.07. The monoisotopic (exact) mass is 491 g/mol. The van der Waals surface area contributed by atoms with Crippen molar-refractivity contribution in [2.75, 3.05) is 33.4 Å². The minimum absolute atomic E-state index is 0. The van der Waals surface area contributed by atoms with Crippen molar-refractivity contribution in [1.82, 2.24) is 10.6 Å². The quantitative estimate of drug-likeness (QED) is 0.169. The second kappa shape index (κ2) is 17.1. The molecule has 6 heteroatoms. The second-order valence-corrected chi connectivity index (χ2v) is 6.62. The van der Waals surface area contributed by atoms with Crippen molar-refractivity contribution in [3.63, 3.8) is 0 Å². The van der Waals surface area contributed by atoms with Gasteiger partial charge in [-0.2, -0.15) is 0 Å². The molecule has 0 amide bonds. The van der Waals surface area contributed by atoms with Crippen molar-refractivity contribution in [2.24, 2.45) is 10.9 Å². The highest BCUT2D eigenvalue weighted by Crippen LogP contribution is 2.13. The molecule has 3 N–H and O–H groups in total. The number of aliphatic hydroxyl groups is 1. The molecular formula is C21H38IN3O2. The first kappa shape index (κ1) is 26.0. The lowest BCUT2D eigenvalue weighted by molar-refractivity contribution is 0.253. The summed E-state index contributed by atoms with van der Waals surface area (Å²) in [5, 5.41) is 15.9. The smallest absolute Gasteiger partial charge is 0.191 e. The van der Waals surface area contributed by atoms with Gasteiger partial charge in [-0.15, -0.1) is 24.0 Å². The van der Waals surface area contributed by atoms with Crippen molar-refractivity contribution < 1.29 is 9.84 Å². The average molecular weight is 491 g/mol. The third-order valence-electron chi connectivity index (χ3n) is 4.43. The zero-order valence-electron chi connectivity index (χ0n) is 17.2. The van der Waals surface area contributed by atoms with Crippen LogP contribution in [0.4, 0.5) is 0 Å². The summed E-state index contributed by atoms with van der Waals surface area (Å²) in [7, 11) is 1.69. The highest BCUT2D eigenvalue weighted by atomic mass is 127. The van der Waals surface area contributed by atoms with Gasteiger partial charge in [0.05, 0.1) is 7.11 Å². The van der Waals surface area contributed by atoms with Crippen LogP contribution in [0, 0.1) is 5.92 Å². The number of halogens is 1. The highest BCUT2D eigenvalue weighted by molar-refractivity contribution is 14.0. The predicted octanol–water partition coefficient (Wildman–Crippen LogP) is 3.99. The van der Waals surface area contributed by atoms with Crippen molar-refractivity contribution in [3.8, 4) is 5.75 Å². The number of nitrogens with one attached hydrogen (secondary N) is 2. The van der Waals surface area contributed by atoms with Gasteiger partial charge in [-0.3, -0.25) is 4.99 Å². The van der Waals surface area contributed by atoms with Crippen molar-refractivity contribution in [1.29, 1.82) is 0 Å². The molecule has 1 atom stereocenters. The fourth-order valence-corrected chi connectivity index (χ4v) is 2.93. The number of unbranched alkanes of at least 4 members (excludes halogenated alkanes) is 1. The maximum absolute atomic E-state index is 9.17. The number of benzene rings is 1. The Hall–Kier alpha value is -1.02. The van der Waals surface area contributed by atoms with Crippen LogP contribution in [0.2, 0.25) is 0 Å². The van der Waals surface area contributed by atoms with Crippen molar-refractivity contribution in [2.45, 2.75) is 52.4 Å². The largest absolute Gasteiger partial charge is 0.497 e. The number of aliphatic hydroxyl groups excluding tert-OH is 1. The van der Waals surface area contributed by atoms with Crippen LogP contribution in [-0.4, -0.2) is 44.4 Å².